The number of aliphatic hydroxyl groups is 3. The molecule has 2 rings (SSSR count). The molecule has 5 atom stereocenters. The molecule has 1 aromatic carbocycles. The van der Waals surface area contributed by atoms with Gasteiger partial charge in [0, 0.05) is 11.3 Å². The predicted octanol–water partition coefficient (Wildman–Crippen LogP) is 0.280. The normalized spacial score (nSPS) is 27.8. The van der Waals surface area contributed by atoms with Crippen molar-refractivity contribution in [3.8, 4) is 0 Å². The van der Waals surface area contributed by atoms with Gasteiger partial charge in [0.05, 0.1) is 18.8 Å². The van der Waals surface area contributed by atoms with Crippen LogP contribution in [-0.2, 0) is 20.9 Å². The van der Waals surface area contributed by atoms with Crippen LogP contribution >= 0.6 is 0 Å². The molecule has 9 nitrogen and oxygen atoms in total. The quantitative estimate of drug-likeness (QED) is 0.294. The number of benzene rings is 1. The lowest BCUT2D eigenvalue weighted by molar-refractivity contribution is -0.211. The van der Waals surface area contributed by atoms with E-state index in [4.69, 9.17) is 15.0 Å². The van der Waals surface area contributed by atoms with Gasteiger partial charge in [0.15, 0.2) is 6.10 Å². The van der Waals surface area contributed by atoms with E-state index in [1.165, 1.54) is 0 Å². The Morgan fingerprint density at radius 2 is 2.12 bits per heavy atom. The molecule has 1 aromatic rings. The zero-order valence-corrected chi connectivity index (χ0v) is 12.8. The number of azide groups is 1. The highest BCUT2D eigenvalue weighted by Gasteiger charge is 2.43. The lowest BCUT2D eigenvalue weighted by Crippen LogP contribution is -2.55. The molecule has 0 unspecified atom stereocenters. The summed E-state index contributed by atoms with van der Waals surface area (Å²) < 4.78 is 10.5. The fraction of sp³-hybridized carbons (Fsp3) is 0.533. The molecule has 130 valence electrons. The van der Waals surface area contributed by atoms with Gasteiger partial charge in [0.1, 0.15) is 18.8 Å². The molecular formula is C15H19N3O6. The summed E-state index contributed by atoms with van der Waals surface area (Å²) in [6.07, 6.45) is -6.55. The molecule has 9 heteroatoms. The van der Waals surface area contributed by atoms with Crippen LogP contribution in [0.2, 0.25) is 0 Å². The van der Waals surface area contributed by atoms with E-state index in [1.807, 2.05) is 18.2 Å². The molecule has 0 aliphatic carbocycles. The summed E-state index contributed by atoms with van der Waals surface area (Å²) in [5.41, 5.74) is 9.06. The molecular weight excluding hydrogens is 318 g/mol. The van der Waals surface area contributed by atoms with Crippen molar-refractivity contribution in [3.05, 3.63) is 46.3 Å². The average molecular weight is 337 g/mol. The third-order valence-electron chi connectivity index (χ3n) is 3.71. The molecule has 1 heterocycles. The maximum Gasteiger partial charge on any atom is 0.335 e. The monoisotopic (exact) mass is 337 g/mol. The largest absolute Gasteiger partial charge is 0.459 e. The average Bonchev–Trinajstić information content (AvgIpc) is 2.60. The lowest BCUT2D eigenvalue weighted by Gasteiger charge is -2.38. The summed E-state index contributed by atoms with van der Waals surface area (Å²) in [5, 5.41) is 32.8. The van der Waals surface area contributed by atoms with Crippen LogP contribution in [-0.4, -0.2) is 58.4 Å². The van der Waals surface area contributed by atoms with Gasteiger partial charge in [-0.1, -0.05) is 35.4 Å². The number of hydrogen-bond donors (Lipinski definition) is 3. The van der Waals surface area contributed by atoms with E-state index >= 15 is 0 Å². The fourth-order valence-corrected chi connectivity index (χ4v) is 2.42. The molecule has 0 aromatic heterocycles. The number of rotatable bonds is 6. The number of aliphatic hydroxyl groups excluding tert-OH is 3. The first-order valence-electron chi connectivity index (χ1n) is 7.44. The van der Waals surface area contributed by atoms with Crippen LogP contribution in [0.4, 0.5) is 0 Å². The predicted molar refractivity (Wildman–Crippen MR) is 81.5 cm³/mol. The van der Waals surface area contributed by atoms with Gasteiger partial charge in [-0.25, -0.2) is 4.79 Å². The highest BCUT2D eigenvalue weighted by atomic mass is 16.6. The number of carbonyl (C=O) groups is 1. The topological polar surface area (TPSA) is 145 Å². The summed E-state index contributed by atoms with van der Waals surface area (Å²) in [6.45, 7) is -0.305. The molecule has 1 fully saturated rings. The third-order valence-corrected chi connectivity index (χ3v) is 3.71. The molecule has 1 saturated heterocycles. The van der Waals surface area contributed by atoms with Crippen molar-refractivity contribution in [2.75, 3.05) is 6.54 Å². The smallest absolute Gasteiger partial charge is 0.335 e. The first kappa shape index (κ1) is 18.2. The fourth-order valence-electron chi connectivity index (χ4n) is 2.42. The van der Waals surface area contributed by atoms with Crippen LogP contribution in [0.5, 0.6) is 0 Å². The summed E-state index contributed by atoms with van der Waals surface area (Å²) in [7, 11) is 0. The van der Waals surface area contributed by atoms with Crippen LogP contribution in [0.25, 0.3) is 10.4 Å². The van der Waals surface area contributed by atoms with Gasteiger partial charge in [-0.3, -0.25) is 0 Å². The van der Waals surface area contributed by atoms with Crippen molar-refractivity contribution in [1.29, 1.82) is 0 Å². The van der Waals surface area contributed by atoms with Crippen LogP contribution in [0.1, 0.15) is 12.0 Å². The molecule has 0 amide bonds. The van der Waals surface area contributed by atoms with Gasteiger partial charge in [-0.2, -0.15) is 0 Å². The Balaban J connectivity index is 1.96. The highest BCUT2D eigenvalue weighted by molar-refractivity contribution is 5.75. The SMILES string of the molecule is [N-]=[N+]=NC[C@@H](O)[C@H]1O[C@H](C(=O)OCc2ccccc2)C[C@@H](O)[C@H]1O. The summed E-state index contributed by atoms with van der Waals surface area (Å²) in [5.74, 6) is -0.703. The van der Waals surface area contributed by atoms with Crippen LogP contribution in [0, 0.1) is 0 Å². The number of hydrogen-bond acceptors (Lipinski definition) is 7. The number of nitrogens with zero attached hydrogens (tertiary/aromatic N) is 3. The highest BCUT2D eigenvalue weighted by Crippen LogP contribution is 2.24. The van der Waals surface area contributed by atoms with Crippen molar-refractivity contribution in [1.82, 2.24) is 0 Å². The molecule has 0 radical (unpaired) electrons. The lowest BCUT2D eigenvalue weighted by atomic mass is 9.94. The Bertz CT molecular complexity index is 592. The Hall–Kier alpha value is -2.16. The standard InChI is InChI=1S/C15H19N3O6/c16-18-17-7-11(20)14-13(21)10(19)6-12(24-14)15(22)23-8-9-4-2-1-3-5-9/h1-5,10-14,19-21H,6-8H2/t10-,11-,12+,13-,14-/m1/s1. The van der Waals surface area contributed by atoms with E-state index in [0.29, 0.717) is 0 Å². The van der Waals surface area contributed by atoms with E-state index in [-0.39, 0.29) is 19.6 Å². The zero-order chi connectivity index (χ0) is 17.5. The van der Waals surface area contributed by atoms with Gasteiger partial charge in [-0.05, 0) is 11.1 Å². The van der Waals surface area contributed by atoms with Crippen molar-refractivity contribution in [2.45, 2.75) is 43.5 Å². The van der Waals surface area contributed by atoms with Gasteiger partial charge in [-0.15, -0.1) is 0 Å². The first-order valence-corrected chi connectivity index (χ1v) is 7.44. The molecule has 0 spiro atoms. The van der Waals surface area contributed by atoms with Crippen LogP contribution in [0.3, 0.4) is 0 Å². The Labute approximate surface area is 138 Å². The summed E-state index contributed by atoms with van der Waals surface area (Å²) in [6, 6.07) is 9.04. The van der Waals surface area contributed by atoms with Crippen molar-refractivity contribution >= 4 is 5.97 Å². The van der Waals surface area contributed by atoms with Gasteiger partial charge >= 0.3 is 5.97 Å². The first-order chi connectivity index (χ1) is 11.5. The Morgan fingerprint density at radius 3 is 2.79 bits per heavy atom. The van der Waals surface area contributed by atoms with E-state index in [2.05, 4.69) is 10.0 Å². The van der Waals surface area contributed by atoms with Crippen LogP contribution < -0.4 is 0 Å². The van der Waals surface area contributed by atoms with Crippen molar-refractivity contribution < 1.29 is 29.6 Å². The van der Waals surface area contributed by atoms with E-state index in [1.54, 1.807) is 12.1 Å². The molecule has 1 aliphatic heterocycles. The van der Waals surface area contributed by atoms with Crippen LogP contribution in [0.15, 0.2) is 35.4 Å². The zero-order valence-electron chi connectivity index (χ0n) is 12.8. The van der Waals surface area contributed by atoms with Crippen molar-refractivity contribution in [2.24, 2.45) is 5.11 Å². The Kier molecular flexibility index (Phi) is 6.53. The van der Waals surface area contributed by atoms with Gasteiger partial charge < -0.3 is 24.8 Å². The Morgan fingerprint density at radius 1 is 1.42 bits per heavy atom. The van der Waals surface area contributed by atoms with Gasteiger partial charge in [0.25, 0.3) is 0 Å². The third kappa shape index (κ3) is 4.67. The number of carbonyl (C=O) groups excluding carboxylic acids is 1. The minimum absolute atomic E-state index is 0.0458. The summed E-state index contributed by atoms with van der Waals surface area (Å²) >= 11 is 0. The molecule has 0 bridgehead atoms. The second kappa shape index (κ2) is 8.62. The number of ether oxygens (including phenoxy) is 2. The maximum atomic E-state index is 12.1. The van der Waals surface area contributed by atoms with E-state index < -0.39 is 36.5 Å². The second-order valence-electron chi connectivity index (χ2n) is 5.46. The minimum atomic E-state index is -1.40. The second-order valence-corrected chi connectivity index (χ2v) is 5.46. The molecule has 1 aliphatic rings. The van der Waals surface area contributed by atoms with E-state index in [0.717, 1.165) is 5.56 Å². The van der Waals surface area contributed by atoms with Crippen molar-refractivity contribution in [3.63, 3.8) is 0 Å². The minimum Gasteiger partial charge on any atom is -0.459 e. The molecule has 24 heavy (non-hydrogen) atoms. The maximum absolute atomic E-state index is 12.1. The molecule has 0 saturated carbocycles. The van der Waals surface area contributed by atoms with Gasteiger partial charge in [0.2, 0.25) is 0 Å². The molecule has 3 N–H and O–H groups in total. The summed E-state index contributed by atoms with van der Waals surface area (Å²) in [4.78, 5) is 14.6. The van der Waals surface area contributed by atoms with E-state index in [9.17, 15) is 20.1 Å². The number of esters is 1.